The first-order valence-corrected chi connectivity index (χ1v) is 7.06. The molecule has 0 unspecified atom stereocenters. The lowest BCUT2D eigenvalue weighted by molar-refractivity contribution is 1.14. The average Bonchev–Trinajstić information content (AvgIpc) is 2.53. The Morgan fingerprint density at radius 2 is 1.00 bits per heavy atom. The molecule has 0 aliphatic rings. The van der Waals surface area contributed by atoms with E-state index in [0.717, 1.165) is 24.0 Å². The van der Waals surface area contributed by atoms with Crippen molar-refractivity contribution in [3.8, 4) is 0 Å². The van der Waals surface area contributed by atoms with Crippen molar-refractivity contribution in [3.05, 3.63) is 70.8 Å². The van der Waals surface area contributed by atoms with E-state index in [4.69, 9.17) is 0 Å². The molecule has 2 aromatic rings. The summed E-state index contributed by atoms with van der Waals surface area (Å²) in [6.45, 7) is 4.30. The van der Waals surface area contributed by atoms with Gasteiger partial charge in [0.2, 0.25) is 0 Å². The van der Waals surface area contributed by atoms with Gasteiger partial charge >= 0.3 is 0 Å². The molecule has 0 N–H and O–H groups in total. The van der Waals surface area contributed by atoms with Crippen molar-refractivity contribution in [1.29, 1.82) is 0 Å². The molecule has 0 atom stereocenters. The second-order valence-electron chi connectivity index (χ2n) is 4.68. The summed E-state index contributed by atoms with van der Waals surface area (Å²) >= 11 is 0. The van der Waals surface area contributed by atoms with Crippen LogP contribution in [0.25, 0.3) is 0 Å². The van der Waals surface area contributed by atoms with Crippen molar-refractivity contribution in [2.45, 2.75) is 26.7 Å². The zero-order chi connectivity index (χ0) is 14.2. The van der Waals surface area contributed by atoms with E-state index in [0.29, 0.717) is 0 Å². The van der Waals surface area contributed by atoms with Crippen LogP contribution in [0.3, 0.4) is 0 Å². The molecule has 0 aliphatic heterocycles. The Kier molecular flexibility index (Phi) is 5.24. The Morgan fingerprint density at radius 3 is 1.30 bits per heavy atom. The molecule has 0 bridgehead atoms. The van der Waals surface area contributed by atoms with Crippen LogP contribution in [-0.4, -0.2) is 12.4 Å². The van der Waals surface area contributed by atoms with Crippen LogP contribution in [0.4, 0.5) is 0 Å². The van der Waals surface area contributed by atoms with Gasteiger partial charge in [-0.2, -0.15) is 10.2 Å². The SMILES string of the molecule is CCc1ccc(C=NN=Cc2ccc(CC)cc2)cc1. The third kappa shape index (κ3) is 4.16. The zero-order valence-corrected chi connectivity index (χ0v) is 12.1. The molecule has 0 fully saturated rings. The summed E-state index contributed by atoms with van der Waals surface area (Å²) in [5.74, 6) is 0. The second-order valence-corrected chi connectivity index (χ2v) is 4.68. The van der Waals surface area contributed by atoms with Gasteiger partial charge in [-0.25, -0.2) is 0 Å². The van der Waals surface area contributed by atoms with Crippen LogP contribution >= 0.6 is 0 Å². The predicted octanol–water partition coefficient (Wildman–Crippen LogP) is 4.26. The molecule has 2 aromatic carbocycles. The fourth-order valence-electron chi connectivity index (χ4n) is 1.88. The van der Waals surface area contributed by atoms with Crippen LogP contribution < -0.4 is 0 Å². The van der Waals surface area contributed by atoms with E-state index in [2.05, 4.69) is 72.6 Å². The average molecular weight is 264 g/mol. The van der Waals surface area contributed by atoms with Gasteiger partial charge in [0.15, 0.2) is 0 Å². The molecule has 0 aliphatic carbocycles. The fourth-order valence-corrected chi connectivity index (χ4v) is 1.88. The maximum absolute atomic E-state index is 4.08. The van der Waals surface area contributed by atoms with Gasteiger partial charge in [-0.15, -0.1) is 0 Å². The van der Waals surface area contributed by atoms with Crippen molar-refractivity contribution in [2.24, 2.45) is 10.2 Å². The second kappa shape index (κ2) is 7.39. The Labute approximate surface area is 120 Å². The maximum atomic E-state index is 4.08. The standard InChI is InChI=1S/C18H20N2/c1-3-15-5-9-17(10-6-15)13-19-20-14-18-11-7-16(4-2)8-12-18/h5-14H,3-4H2,1-2H3. The third-order valence-electron chi connectivity index (χ3n) is 3.26. The number of hydrogen-bond acceptors (Lipinski definition) is 2. The maximum Gasteiger partial charge on any atom is 0.0568 e. The lowest BCUT2D eigenvalue weighted by Gasteiger charge is -1.96. The largest absolute Gasteiger partial charge is 0.159 e. The van der Waals surface area contributed by atoms with E-state index in [-0.39, 0.29) is 0 Å². The summed E-state index contributed by atoms with van der Waals surface area (Å²) < 4.78 is 0. The third-order valence-corrected chi connectivity index (χ3v) is 3.26. The molecule has 0 heterocycles. The van der Waals surface area contributed by atoms with Gasteiger partial charge in [-0.3, -0.25) is 0 Å². The van der Waals surface area contributed by atoms with E-state index in [1.807, 2.05) is 0 Å². The van der Waals surface area contributed by atoms with E-state index in [9.17, 15) is 0 Å². The van der Waals surface area contributed by atoms with Crippen LogP contribution in [-0.2, 0) is 12.8 Å². The summed E-state index contributed by atoms with van der Waals surface area (Å²) in [4.78, 5) is 0. The number of aryl methyl sites for hydroxylation is 2. The molecule has 102 valence electrons. The van der Waals surface area contributed by atoms with Gasteiger partial charge in [0.25, 0.3) is 0 Å². The minimum absolute atomic E-state index is 1.06. The summed E-state index contributed by atoms with van der Waals surface area (Å²) in [7, 11) is 0. The molecular formula is C18H20N2. The normalized spacial score (nSPS) is 11.5. The van der Waals surface area contributed by atoms with Crippen LogP contribution in [0.1, 0.15) is 36.1 Å². The number of rotatable bonds is 5. The van der Waals surface area contributed by atoms with Gasteiger partial charge in [-0.05, 0) is 35.1 Å². The summed E-state index contributed by atoms with van der Waals surface area (Å²) in [5, 5.41) is 8.16. The first-order valence-electron chi connectivity index (χ1n) is 7.06. The quantitative estimate of drug-likeness (QED) is 0.569. The van der Waals surface area contributed by atoms with Gasteiger partial charge in [-0.1, -0.05) is 62.4 Å². The van der Waals surface area contributed by atoms with E-state index in [1.165, 1.54) is 11.1 Å². The summed E-state index contributed by atoms with van der Waals surface area (Å²) in [6.07, 6.45) is 5.67. The molecule has 0 saturated heterocycles. The molecule has 0 amide bonds. The molecule has 20 heavy (non-hydrogen) atoms. The fraction of sp³-hybridized carbons (Fsp3) is 0.222. The number of hydrogen-bond donors (Lipinski definition) is 0. The number of nitrogens with zero attached hydrogens (tertiary/aromatic N) is 2. The Balaban J connectivity index is 1.95. The van der Waals surface area contributed by atoms with Crippen molar-refractivity contribution in [3.63, 3.8) is 0 Å². The highest BCUT2D eigenvalue weighted by Gasteiger charge is 1.90. The van der Waals surface area contributed by atoms with Gasteiger partial charge < -0.3 is 0 Å². The van der Waals surface area contributed by atoms with Crippen molar-refractivity contribution in [2.75, 3.05) is 0 Å². The first-order chi connectivity index (χ1) is 9.81. The summed E-state index contributed by atoms with van der Waals surface area (Å²) in [5.41, 5.74) is 4.81. The predicted molar refractivity (Wildman–Crippen MR) is 86.8 cm³/mol. The van der Waals surface area contributed by atoms with Gasteiger partial charge in [0.1, 0.15) is 0 Å². The Bertz CT molecular complexity index is 522. The molecule has 0 aromatic heterocycles. The molecular weight excluding hydrogens is 244 g/mol. The minimum Gasteiger partial charge on any atom is -0.159 e. The van der Waals surface area contributed by atoms with Crippen molar-refractivity contribution in [1.82, 2.24) is 0 Å². The van der Waals surface area contributed by atoms with Crippen LogP contribution in [0.15, 0.2) is 58.7 Å². The summed E-state index contributed by atoms with van der Waals surface area (Å²) in [6, 6.07) is 16.7. The lowest BCUT2D eigenvalue weighted by atomic mass is 10.1. The molecule has 0 spiro atoms. The molecule has 0 radical (unpaired) electrons. The Hall–Kier alpha value is -2.22. The topological polar surface area (TPSA) is 24.7 Å². The van der Waals surface area contributed by atoms with E-state index < -0.39 is 0 Å². The molecule has 2 heteroatoms. The smallest absolute Gasteiger partial charge is 0.0568 e. The van der Waals surface area contributed by atoms with Crippen LogP contribution in [0.2, 0.25) is 0 Å². The van der Waals surface area contributed by atoms with Crippen LogP contribution in [0, 0.1) is 0 Å². The molecule has 0 saturated carbocycles. The van der Waals surface area contributed by atoms with E-state index in [1.54, 1.807) is 12.4 Å². The van der Waals surface area contributed by atoms with Gasteiger partial charge in [0.05, 0.1) is 12.4 Å². The van der Waals surface area contributed by atoms with Crippen LogP contribution in [0.5, 0.6) is 0 Å². The highest BCUT2D eigenvalue weighted by molar-refractivity contribution is 5.82. The highest BCUT2D eigenvalue weighted by atomic mass is 15.2. The van der Waals surface area contributed by atoms with Crippen molar-refractivity contribution >= 4 is 12.4 Å². The lowest BCUT2D eigenvalue weighted by Crippen LogP contribution is -1.84. The zero-order valence-electron chi connectivity index (χ0n) is 12.1. The Morgan fingerprint density at radius 1 is 0.650 bits per heavy atom. The van der Waals surface area contributed by atoms with E-state index >= 15 is 0 Å². The van der Waals surface area contributed by atoms with Gasteiger partial charge in [0, 0.05) is 0 Å². The highest BCUT2D eigenvalue weighted by Crippen LogP contribution is 2.04. The molecule has 2 nitrogen and oxygen atoms in total. The minimum atomic E-state index is 1.06. The van der Waals surface area contributed by atoms with Crippen molar-refractivity contribution < 1.29 is 0 Å². The first kappa shape index (κ1) is 14.2. The monoisotopic (exact) mass is 264 g/mol. The molecule has 2 rings (SSSR count). The number of benzene rings is 2.